The van der Waals surface area contributed by atoms with Crippen LogP contribution in [0, 0.1) is 11.3 Å². The summed E-state index contributed by atoms with van der Waals surface area (Å²) in [5, 5.41) is 13.1. The summed E-state index contributed by atoms with van der Waals surface area (Å²) in [5.41, 5.74) is 5.20. The number of imidazole rings is 1. The number of anilines is 1. The van der Waals surface area contributed by atoms with Gasteiger partial charge in [-0.15, -0.1) is 0 Å². The van der Waals surface area contributed by atoms with Crippen molar-refractivity contribution in [3.63, 3.8) is 0 Å². The summed E-state index contributed by atoms with van der Waals surface area (Å²) < 4.78 is 7.50. The molecule has 2 aromatic heterocycles. The lowest BCUT2D eigenvalue weighted by Crippen LogP contribution is -2.40. The second-order valence-corrected chi connectivity index (χ2v) is 10.9. The first-order valence-corrected chi connectivity index (χ1v) is 12.9. The van der Waals surface area contributed by atoms with Gasteiger partial charge < -0.3 is 19.5 Å². The number of carbonyl (C=O) groups excluding carboxylic acids is 1. The summed E-state index contributed by atoms with van der Waals surface area (Å²) in [6, 6.07) is 15.4. The fourth-order valence-electron chi connectivity index (χ4n) is 4.90. The van der Waals surface area contributed by atoms with Gasteiger partial charge in [-0.1, -0.05) is 29.8 Å². The molecule has 1 saturated heterocycles. The van der Waals surface area contributed by atoms with Crippen molar-refractivity contribution in [3.8, 4) is 28.6 Å². The lowest BCUT2D eigenvalue weighted by molar-refractivity contribution is 0.0509. The Balaban J connectivity index is 1.60. The standard InChI is InChI=1S/C29H29ClN6O2/c1-29(2,3)38-28(37)33-20-11-12-36(17-20)26-21(19-8-5-7-18(13-19)14-31)15-32-16-22(26)27-34-25-23(30)9-6-10-24(25)35(27)4/h5-10,13,15-16,20H,11-12,17H2,1-4H3,(H,33,37)/t20-/m0/s1. The number of benzene rings is 2. The predicted molar refractivity (Wildman–Crippen MR) is 149 cm³/mol. The van der Waals surface area contributed by atoms with Crippen molar-refractivity contribution >= 4 is 34.4 Å². The molecule has 2 aromatic carbocycles. The van der Waals surface area contributed by atoms with Gasteiger partial charge in [0.2, 0.25) is 0 Å². The molecule has 0 spiro atoms. The first kappa shape index (κ1) is 25.6. The molecule has 8 nitrogen and oxygen atoms in total. The number of aromatic nitrogens is 3. The molecule has 1 amide bonds. The number of alkyl carbamates (subject to hydrolysis) is 1. The predicted octanol–water partition coefficient (Wildman–Crippen LogP) is 5.93. The Morgan fingerprint density at radius 2 is 1.95 bits per heavy atom. The van der Waals surface area contributed by atoms with Gasteiger partial charge in [0.25, 0.3) is 0 Å². The van der Waals surface area contributed by atoms with Gasteiger partial charge in [0.15, 0.2) is 0 Å². The molecule has 1 N–H and O–H groups in total. The van der Waals surface area contributed by atoms with Crippen molar-refractivity contribution in [1.82, 2.24) is 19.9 Å². The minimum absolute atomic E-state index is 0.0842. The average Bonchev–Trinajstić information content (AvgIpc) is 3.47. The molecular weight excluding hydrogens is 500 g/mol. The van der Waals surface area contributed by atoms with Crippen LogP contribution in [0.3, 0.4) is 0 Å². The van der Waals surface area contributed by atoms with E-state index >= 15 is 0 Å². The quantitative estimate of drug-likeness (QED) is 0.352. The van der Waals surface area contributed by atoms with E-state index < -0.39 is 11.7 Å². The number of ether oxygens (including phenoxy) is 1. The van der Waals surface area contributed by atoms with Crippen molar-refractivity contribution in [2.24, 2.45) is 7.05 Å². The fourth-order valence-corrected chi connectivity index (χ4v) is 5.11. The van der Waals surface area contributed by atoms with E-state index in [1.165, 1.54) is 0 Å². The van der Waals surface area contributed by atoms with E-state index in [4.69, 9.17) is 21.3 Å². The number of carbonyl (C=O) groups is 1. The molecule has 4 aromatic rings. The van der Waals surface area contributed by atoms with E-state index in [9.17, 15) is 10.1 Å². The van der Waals surface area contributed by atoms with E-state index in [1.54, 1.807) is 6.07 Å². The van der Waals surface area contributed by atoms with E-state index in [1.807, 2.05) is 81.2 Å². The molecule has 1 aliphatic rings. The zero-order valence-electron chi connectivity index (χ0n) is 21.8. The van der Waals surface area contributed by atoms with Crippen molar-refractivity contribution in [1.29, 1.82) is 5.26 Å². The van der Waals surface area contributed by atoms with Gasteiger partial charge in [0.1, 0.15) is 16.9 Å². The summed E-state index contributed by atoms with van der Waals surface area (Å²) in [6.07, 6.45) is 3.97. The molecular formula is C29H29ClN6O2. The Morgan fingerprint density at radius 3 is 2.68 bits per heavy atom. The van der Waals surface area contributed by atoms with Crippen molar-refractivity contribution in [2.75, 3.05) is 18.0 Å². The molecule has 9 heteroatoms. The first-order valence-electron chi connectivity index (χ1n) is 12.5. The molecule has 0 saturated carbocycles. The minimum Gasteiger partial charge on any atom is -0.444 e. The van der Waals surface area contributed by atoms with Crippen LogP contribution in [0.1, 0.15) is 32.8 Å². The third-order valence-corrected chi connectivity index (χ3v) is 6.85. The third kappa shape index (κ3) is 5.02. The summed E-state index contributed by atoms with van der Waals surface area (Å²) >= 11 is 6.49. The number of para-hydroxylation sites is 1. The third-order valence-electron chi connectivity index (χ3n) is 6.55. The van der Waals surface area contributed by atoms with Crippen LogP contribution < -0.4 is 10.2 Å². The zero-order valence-corrected chi connectivity index (χ0v) is 22.6. The average molecular weight is 529 g/mol. The number of hydrogen-bond acceptors (Lipinski definition) is 6. The number of rotatable bonds is 4. The van der Waals surface area contributed by atoms with Crippen LogP contribution >= 0.6 is 11.6 Å². The minimum atomic E-state index is -0.568. The van der Waals surface area contributed by atoms with E-state index in [-0.39, 0.29) is 6.04 Å². The van der Waals surface area contributed by atoms with E-state index in [2.05, 4.69) is 21.3 Å². The molecule has 0 radical (unpaired) electrons. The Morgan fingerprint density at radius 1 is 1.18 bits per heavy atom. The Hall–Kier alpha value is -4.09. The Kier molecular flexibility index (Phi) is 6.72. The Labute approximate surface area is 226 Å². The maximum Gasteiger partial charge on any atom is 0.407 e. The fraction of sp³-hybridized carbons (Fsp3) is 0.310. The lowest BCUT2D eigenvalue weighted by Gasteiger charge is -2.26. The van der Waals surface area contributed by atoms with Gasteiger partial charge in [-0.25, -0.2) is 9.78 Å². The van der Waals surface area contributed by atoms with Gasteiger partial charge >= 0.3 is 6.09 Å². The highest BCUT2D eigenvalue weighted by Gasteiger charge is 2.30. The molecule has 0 unspecified atom stereocenters. The van der Waals surface area contributed by atoms with Gasteiger partial charge in [0.05, 0.1) is 39.5 Å². The van der Waals surface area contributed by atoms with E-state index in [0.717, 1.165) is 45.7 Å². The number of nitriles is 1. The summed E-state index contributed by atoms with van der Waals surface area (Å²) in [7, 11) is 1.96. The van der Waals surface area contributed by atoms with Crippen molar-refractivity contribution in [2.45, 2.75) is 38.8 Å². The molecule has 1 fully saturated rings. The number of aryl methyl sites for hydroxylation is 1. The molecule has 1 atom stereocenters. The highest BCUT2D eigenvalue weighted by Crippen LogP contribution is 2.41. The van der Waals surface area contributed by atoms with Crippen molar-refractivity contribution < 1.29 is 9.53 Å². The topological polar surface area (TPSA) is 96.1 Å². The molecule has 3 heterocycles. The van der Waals surface area contributed by atoms with Crippen LogP contribution in [0.15, 0.2) is 54.9 Å². The van der Waals surface area contributed by atoms with Crippen LogP contribution in [0.25, 0.3) is 33.5 Å². The van der Waals surface area contributed by atoms with E-state index in [0.29, 0.717) is 23.7 Å². The first-order chi connectivity index (χ1) is 18.1. The maximum absolute atomic E-state index is 12.5. The molecule has 5 rings (SSSR count). The number of pyridine rings is 1. The van der Waals surface area contributed by atoms with Crippen LogP contribution in [0.4, 0.5) is 10.5 Å². The van der Waals surface area contributed by atoms with Crippen LogP contribution in [0.5, 0.6) is 0 Å². The monoisotopic (exact) mass is 528 g/mol. The van der Waals surface area contributed by atoms with Gasteiger partial charge in [0, 0.05) is 38.1 Å². The summed E-state index contributed by atoms with van der Waals surface area (Å²) in [5.74, 6) is 0.734. The van der Waals surface area contributed by atoms with Crippen LogP contribution in [-0.4, -0.2) is 45.4 Å². The van der Waals surface area contributed by atoms with Crippen LogP contribution in [-0.2, 0) is 11.8 Å². The Bertz CT molecular complexity index is 1570. The smallest absolute Gasteiger partial charge is 0.407 e. The van der Waals surface area contributed by atoms with Gasteiger partial charge in [-0.05, 0) is 57.0 Å². The molecule has 194 valence electrons. The van der Waals surface area contributed by atoms with Crippen LogP contribution in [0.2, 0.25) is 5.02 Å². The highest BCUT2D eigenvalue weighted by molar-refractivity contribution is 6.35. The largest absolute Gasteiger partial charge is 0.444 e. The normalized spacial score (nSPS) is 15.5. The number of nitrogens with zero attached hydrogens (tertiary/aromatic N) is 5. The number of halogens is 1. The lowest BCUT2D eigenvalue weighted by atomic mass is 10.00. The second-order valence-electron chi connectivity index (χ2n) is 10.5. The highest BCUT2D eigenvalue weighted by atomic mass is 35.5. The number of hydrogen-bond donors (Lipinski definition) is 1. The number of nitrogens with one attached hydrogen (secondary N) is 1. The number of fused-ring (bicyclic) bond motifs is 1. The summed E-state index contributed by atoms with van der Waals surface area (Å²) in [4.78, 5) is 24.2. The maximum atomic E-state index is 12.5. The molecule has 0 bridgehead atoms. The zero-order chi connectivity index (χ0) is 27.0. The van der Waals surface area contributed by atoms with Crippen molar-refractivity contribution in [3.05, 3.63) is 65.4 Å². The van der Waals surface area contributed by atoms with Gasteiger partial charge in [-0.2, -0.15) is 5.26 Å². The number of amides is 1. The second kappa shape index (κ2) is 9.99. The SMILES string of the molecule is Cn1c(-c2cncc(-c3cccc(C#N)c3)c2N2CC[C@H](NC(=O)OC(C)(C)C)C2)nc2c(Cl)cccc21. The van der Waals surface area contributed by atoms with Gasteiger partial charge in [-0.3, -0.25) is 4.98 Å². The molecule has 1 aliphatic heterocycles. The molecule has 38 heavy (non-hydrogen) atoms. The molecule has 0 aliphatic carbocycles. The summed E-state index contributed by atoms with van der Waals surface area (Å²) in [6.45, 7) is 6.85.